The summed E-state index contributed by atoms with van der Waals surface area (Å²) < 4.78 is 0. The Morgan fingerprint density at radius 1 is 1.09 bits per heavy atom. The third kappa shape index (κ3) is 6.43. The van der Waals surface area contributed by atoms with Crippen molar-refractivity contribution in [3.8, 4) is 0 Å². The lowest BCUT2D eigenvalue weighted by Gasteiger charge is -2.32. The number of nitrogens with zero attached hydrogens (tertiary/aromatic N) is 3. The van der Waals surface area contributed by atoms with Crippen molar-refractivity contribution in [3.05, 3.63) is 75.8 Å². The molecule has 0 aromatic heterocycles. The zero-order valence-corrected chi connectivity index (χ0v) is 18.3. The first kappa shape index (κ1) is 23.0. The van der Waals surface area contributed by atoms with E-state index < -0.39 is 10.8 Å². The minimum atomic E-state index is -0.501. The van der Waals surface area contributed by atoms with Crippen LogP contribution >= 0.6 is 12.2 Å². The van der Waals surface area contributed by atoms with E-state index in [4.69, 9.17) is 12.2 Å². The maximum Gasteiger partial charge on any atom is 0.270 e. The quantitative estimate of drug-likeness (QED) is 0.310. The van der Waals surface area contributed by atoms with Crippen LogP contribution < -0.4 is 10.6 Å². The number of nitro benzene ring substituents is 1. The van der Waals surface area contributed by atoms with Crippen LogP contribution in [0.1, 0.15) is 15.9 Å². The second kappa shape index (κ2) is 10.6. The number of anilines is 1. The maximum absolute atomic E-state index is 12.7. The maximum atomic E-state index is 12.7. The van der Waals surface area contributed by atoms with E-state index in [-0.39, 0.29) is 16.7 Å². The van der Waals surface area contributed by atoms with E-state index in [1.807, 2.05) is 11.9 Å². The van der Waals surface area contributed by atoms with Gasteiger partial charge in [0.2, 0.25) is 5.91 Å². The van der Waals surface area contributed by atoms with E-state index in [2.05, 4.69) is 15.5 Å². The fraction of sp³-hybridized carbons (Fsp3) is 0.227. The average Bonchev–Trinajstić information content (AvgIpc) is 2.78. The molecule has 2 aromatic carbocycles. The first-order valence-corrected chi connectivity index (χ1v) is 10.3. The molecule has 1 heterocycles. The Morgan fingerprint density at radius 3 is 2.53 bits per heavy atom. The highest BCUT2D eigenvalue weighted by Crippen LogP contribution is 2.15. The molecule has 0 atom stereocenters. The highest BCUT2D eigenvalue weighted by molar-refractivity contribution is 7.80. The van der Waals surface area contributed by atoms with Crippen molar-refractivity contribution in [1.29, 1.82) is 0 Å². The molecule has 2 N–H and O–H groups in total. The predicted molar refractivity (Wildman–Crippen MR) is 126 cm³/mol. The Balaban J connectivity index is 1.56. The number of carbonyl (C=O) groups is 2. The number of likely N-dealkylation sites (N-methyl/N-ethyl adjacent to an activating group) is 1. The number of hydrogen-bond acceptors (Lipinski definition) is 6. The van der Waals surface area contributed by atoms with Crippen molar-refractivity contribution in [2.45, 2.75) is 0 Å². The minimum absolute atomic E-state index is 0.0448. The molecule has 0 saturated carbocycles. The van der Waals surface area contributed by atoms with Crippen LogP contribution in [0.15, 0.2) is 54.6 Å². The molecular weight excluding hydrogens is 430 g/mol. The molecule has 1 aliphatic rings. The number of carbonyl (C=O) groups excluding carboxylic acids is 2. The molecule has 0 radical (unpaired) electrons. The number of nitro groups is 1. The second-order valence-electron chi connectivity index (χ2n) is 7.31. The highest BCUT2D eigenvalue weighted by atomic mass is 32.1. The lowest BCUT2D eigenvalue weighted by atomic mass is 10.1. The molecule has 1 aliphatic heterocycles. The van der Waals surface area contributed by atoms with Gasteiger partial charge in [-0.15, -0.1) is 0 Å². The Hall–Kier alpha value is -3.63. The van der Waals surface area contributed by atoms with Crippen LogP contribution in [0.2, 0.25) is 0 Å². The van der Waals surface area contributed by atoms with Gasteiger partial charge in [0.05, 0.1) is 4.92 Å². The van der Waals surface area contributed by atoms with Crippen LogP contribution in [0, 0.1) is 10.1 Å². The van der Waals surface area contributed by atoms with Crippen molar-refractivity contribution in [2.75, 3.05) is 38.5 Å². The molecule has 10 heteroatoms. The van der Waals surface area contributed by atoms with E-state index >= 15 is 0 Å². The summed E-state index contributed by atoms with van der Waals surface area (Å²) in [5.41, 5.74) is 1.58. The van der Waals surface area contributed by atoms with Crippen molar-refractivity contribution in [3.63, 3.8) is 0 Å². The monoisotopic (exact) mass is 453 g/mol. The van der Waals surface area contributed by atoms with Gasteiger partial charge in [-0.25, -0.2) is 0 Å². The summed E-state index contributed by atoms with van der Waals surface area (Å²) in [7, 11) is 2.03. The van der Waals surface area contributed by atoms with Crippen LogP contribution in [0.3, 0.4) is 0 Å². The molecule has 2 amide bonds. The smallest absolute Gasteiger partial charge is 0.270 e. The van der Waals surface area contributed by atoms with E-state index in [1.54, 1.807) is 36.4 Å². The molecule has 2 aromatic rings. The number of rotatable bonds is 5. The molecule has 166 valence electrons. The predicted octanol–water partition coefficient (Wildman–Crippen LogP) is 2.51. The van der Waals surface area contributed by atoms with Crippen molar-refractivity contribution in [1.82, 2.24) is 15.1 Å². The Labute approximate surface area is 190 Å². The number of piperazine rings is 1. The molecule has 0 unspecified atom stereocenters. The van der Waals surface area contributed by atoms with Crippen LogP contribution in [0.5, 0.6) is 0 Å². The lowest BCUT2D eigenvalue weighted by Crippen LogP contribution is -2.47. The summed E-state index contributed by atoms with van der Waals surface area (Å²) >= 11 is 5.18. The molecule has 1 saturated heterocycles. The summed E-state index contributed by atoms with van der Waals surface area (Å²) in [6.45, 7) is 3.03. The first-order valence-electron chi connectivity index (χ1n) is 9.94. The first-order chi connectivity index (χ1) is 15.3. The van der Waals surface area contributed by atoms with Gasteiger partial charge in [-0.1, -0.05) is 18.2 Å². The number of nitrogens with one attached hydrogen (secondary N) is 2. The van der Waals surface area contributed by atoms with Crippen LogP contribution in [0.4, 0.5) is 11.4 Å². The van der Waals surface area contributed by atoms with Crippen molar-refractivity contribution < 1.29 is 14.5 Å². The Bertz CT molecular complexity index is 1060. The molecular formula is C22H23N5O4S. The fourth-order valence-corrected chi connectivity index (χ4v) is 3.37. The molecule has 9 nitrogen and oxygen atoms in total. The van der Waals surface area contributed by atoms with Gasteiger partial charge in [0.25, 0.3) is 11.6 Å². The van der Waals surface area contributed by atoms with Gasteiger partial charge in [0.15, 0.2) is 5.11 Å². The number of hydrogen-bond donors (Lipinski definition) is 2. The molecule has 0 spiro atoms. The largest absolute Gasteiger partial charge is 0.336 e. The second-order valence-corrected chi connectivity index (χ2v) is 7.71. The van der Waals surface area contributed by atoms with E-state index in [0.717, 1.165) is 13.1 Å². The Morgan fingerprint density at radius 2 is 1.81 bits per heavy atom. The number of thiocarbonyl (C=S) groups is 1. The van der Waals surface area contributed by atoms with Gasteiger partial charge in [0, 0.05) is 55.6 Å². The standard InChI is InChI=1S/C22H23N5O4S/c1-25-10-12-26(13-11-25)21(29)17-5-3-6-18(15-17)23-22(32)24-20(28)9-8-16-4-2-7-19(14-16)27(30)31/h2-9,14-15H,10-13H2,1H3,(H2,23,24,28,32)/b9-8+. The van der Waals surface area contributed by atoms with Crippen LogP contribution in [0.25, 0.3) is 6.08 Å². The average molecular weight is 454 g/mol. The van der Waals surface area contributed by atoms with Crippen molar-refractivity contribution in [2.24, 2.45) is 0 Å². The molecule has 0 bridgehead atoms. The number of amides is 2. The normalized spacial score (nSPS) is 14.2. The van der Waals surface area contributed by atoms with E-state index in [9.17, 15) is 19.7 Å². The SMILES string of the molecule is CN1CCN(C(=O)c2cccc(NC(=S)NC(=O)/C=C/c3cccc([N+](=O)[O-])c3)c2)CC1. The molecule has 0 aliphatic carbocycles. The van der Waals surface area contributed by atoms with Gasteiger partial charge in [0.1, 0.15) is 0 Å². The van der Waals surface area contributed by atoms with Gasteiger partial charge in [-0.3, -0.25) is 25.0 Å². The summed E-state index contributed by atoms with van der Waals surface area (Å²) in [6.07, 6.45) is 2.70. The zero-order valence-electron chi connectivity index (χ0n) is 17.5. The van der Waals surface area contributed by atoms with Gasteiger partial charge in [-0.05, 0) is 49.1 Å². The van der Waals surface area contributed by atoms with Crippen LogP contribution in [-0.2, 0) is 4.79 Å². The summed E-state index contributed by atoms with van der Waals surface area (Å²) in [5.74, 6) is -0.532. The topological polar surface area (TPSA) is 108 Å². The van der Waals surface area contributed by atoms with Gasteiger partial charge < -0.3 is 15.1 Å². The summed E-state index contributed by atoms with van der Waals surface area (Å²) in [5, 5.41) is 16.3. The lowest BCUT2D eigenvalue weighted by molar-refractivity contribution is -0.384. The number of non-ortho nitro benzene ring substituents is 1. The Kier molecular flexibility index (Phi) is 7.63. The van der Waals surface area contributed by atoms with E-state index in [0.29, 0.717) is 29.9 Å². The van der Waals surface area contributed by atoms with E-state index in [1.165, 1.54) is 24.3 Å². The summed E-state index contributed by atoms with van der Waals surface area (Å²) in [4.78, 5) is 39.2. The zero-order chi connectivity index (χ0) is 23.1. The molecule has 32 heavy (non-hydrogen) atoms. The third-order valence-corrected chi connectivity index (χ3v) is 5.11. The van der Waals surface area contributed by atoms with Gasteiger partial charge >= 0.3 is 0 Å². The van der Waals surface area contributed by atoms with Crippen LogP contribution in [-0.4, -0.2) is 64.9 Å². The minimum Gasteiger partial charge on any atom is -0.336 e. The number of benzene rings is 2. The van der Waals surface area contributed by atoms with Gasteiger partial charge in [-0.2, -0.15) is 0 Å². The highest BCUT2D eigenvalue weighted by Gasteiger charge is 2.20. The summed E-state index contributed by atoms with van der Waals surface area (Å²) in [6, 6.07) is 12.9. The van der Waals surface area contributed by atoms with Crippen molar-refractivity contribution >= 4 is 46.6 Å². The molecule has 1 fully saturated rings. The third-order valence-electron chi connectivity index (χ3n) is 4.90. The fourth-order valence-electron chi connectivity index (χ4n) is 3.15. The molecule has 3 rings (SSSR count).